The zero-order chi connectivity index (χ0) is 6.95. The van der Waals surface area contributed by atoms with Gasteiger partial charge in [-0.2, -0.15) is 0 Å². The fourth-order valence-electron chi connectivity index (χ4n) is 0.957. The van der Waals surface area contributed by atoms with E-state index in [-0.39, 0.29) is 48.9 Å². The zero-order valence-electron chi connectivity index (χ0n) is 6.66. The maximum Gasteiger partial charge on any atom is -0.0533 e. The Balaban J connectivity index is 0. The molecule has 0 aliphatic carbocycles. The van der Waals surface area contributed by atoms with Crippen molar-refractivity contribution in [2.75, 3.05) is 0 Å². The fourth-order valence-corrected chi connectivity index (χ4v) is 0.957. The molecule has 0 bridgehead atoms. The molecule has 10 heavy (non-hydrogen) atoms. The maximum absolute atomic E-state index is 3.80. The van der Waals surface area contributed by atoms with Crippen LogP contribution in [0.3, 0.4) is 0 Å². The van der Waals surface area contributed by atoms with Gasteiger partial charge in [-0.25, -0.2) is 0 Å². The third kappa shape index (κ3) is 12.3. The van der Waals surface area contributed by atoms with E-state index in [1.54, 1.807) is 0 Å². The Morgan fingerprint density at radius 2 is 1.40 bits per heavy atom. The van der Waals surface area contributed by atoms with E-state index in [0.717, 1.165) is 6.42 Å². The second-order valence-corrected chi connectivity index (χ2v) is 2.62. The van der Waals surface area contributed by atoms with Crippen molar-refractivity contribution in [3.63, 3.8) is 0 Å². The van der Waals surface area contributed by atoms with Crippen LogP contribution in [0.4, 0.5) is 0 Å². The summed E-state index contributed by atoms with van der Waals surface area (Å²) < 4.78 is 0. The molecule has 0 amide bonds. The van der Waals surface area contributed by atoms with E-state index in [2.05, 4.69) is 13.8 Å². The van der Waals surface area contributed by atoms with Gasteiger partial charge in [-0.15, -0.1) is 0 Å². The van der Waals surface area contributed by atoms with Crippen molar-refractivity contribution in [1.29, 1.82) is 0 Å². The van der Waals surface area contributed by atoms with Crippen LogP contribution >= 0.6 is 0 Å². The van der Waals surface area contributed by atoms with Gasteiger partial charge in [0.2, 0.25) is 0 Å². The van der Waals surface area contributed by atoms with Gasteiger partial charge in [0.1, 0.15) is 0 Å². The van der Waals surface area contributed by atoms with Crippen molar-refractivity contribution < 1.29 is 0 Å². The molecule has 1 heteroatoms. The fraction of sp³-hybridized carbons (Fsp3) is 0.889. The van der Waals surface area contributed by atoms with E-state index < -0.39 is 0 Å². The SMILES string of the molecule is [BaH2].[CH2]CCCCCCCC. The van der Waals surface area contributed by atoms with Crippen molar-refractivity contribution in [2.45, 2.75) is 51.9 Å². The molecule has 0 aromatic heterocycles. The van der Waals surface area contributed by atoms with Crippen molar-refractivity contribution >= 4 is 48.9 Å². The van der Waals surface area contributed by atoms with Crippen LogP contribution in [0.2, 0.25) is 0 Å². The van der Waals surface area contributed by atoms with Gasteiger partial charge in [0, 0.05) is 0 Å². The first-order valence-electron chi connectivity index (χ1n) is 4.21. The first kappa shape index (κ1) is 14.1. The van der Waals surface area contributed by atoms with Gasteiger partial charge in [-0.1, -0.05) is 58.8 Å². The van der Waals surface area contributed by atoms with Gasteiger partial charge in [0.05, 0.1) is 0 Å². The first-order valence-corrected chi connectivity index (χ1v) is 4.21. The number of rotatable bonds is 6. The largest absolute Gasteiger partial charge is 0.0654 e. The normalized spacial score (nSPS) is 9.00. The van der Waals surface area contributed by atoms with Crippen LogP contribution < -0.4 is 0 Å². The molecule has 0 rings (SSSR count). The van der Waals surface area contributed by atoms with Gasteiger partial charge in [-0.3, -0.25) is 0 Å². The van der Waals surface area contributed by atoms with Crippen LogP contribution in [0.15, 0.2) is 0 Å². The molecule has 0 aliphatic rings. The molecule has 0 fully saturated rings. The Morgan fingerprint density at radius 1 is 0.900 bits per heavy atom. The Morgan fingerprint density at radius 3 is 1.90 bits per heavy atom. The minimum atomic E-state index is 0. The van der Waals surface area contributed by atoms with Crippen LogP contribution in [-0.2, 0) is 0 Å². The smallest absolute Gasteiger partial charge is 0.0533 e. The topological polar surface area (TPSA) is 0 Å². The number of hydrogen-bond acceptors (Lipinski definition) is 0. The maximum atomic E-state index is 3.80. The average Bonchev–Trinajstić information content (AvgIpc) is 1.89. The van der Waals surface area contributed by atoms with E-state index in [9.17, 15) is 0 Å². The third-order valence-corrected chi connectivity index (χ3v) is 1.60. The van der Waals surface area contributed by atoms with Gasteiger partial charge in [0.25, 0.3) is 0 Å². The van der Waals surface area contributed by atoms with Crippen LogP contribution in [0, 0.1) is 6.92 Å². The summed E-state index contributed by atoms with van der Waals surface area (Å²) in [5, 5.41) is 0. The van der Waals surface area contributed by atoms with E-state index in [0.29, 0.717) is 0 Å². The molecule has 0 aromatic carbocycles. The summed E-state index contributed by atoms with van der Waals surface area (Å²) in [6.45, 7) is 6.05. The van der Waals surface area contributed by atoms with Crippen molar-refractivity contribution in [2.24, 2.45) is 0 Å². The van der Waals surface area contributed by atoms with Gasteiger partial charge in [0.15, 0.2) is 0 Å². The Bertz CT molecular complexity index is 38.0. The minimum Gasteiger partial charge on any atom is -0.0654 e. The van der Waals surface area contributed by atoms with Crippen LogP contribution in [0.25, 0.3) is 0 Å². The molecular formula is C9H21Ba. The summed E-state index contributed by atoms with van der Waals surface area (Å²) in [5.74, 6) is 0. The standard InChI is InChI=1S/C9H19.Ba.2H/c1-3-5-7-9-8-6-4-2;;;/h1,3-9H2,2H3;;;. The Kier molecular flexibility index (Phi) is 18.6. The predicted octanol–water partition coefficient (Wildman–Crippen LogP) is 2.65. The second-order valence-electron chi connectivity index (χ2n) is 2.62. The van der Waals surface area contributed by atoms with Crippen molar-refractivity contribution in [3.8, 4) is 0 Å². The van der Waals surface area contributed by atoms with E-state index in [1.807, 2.05) is 0 Å². The number of unbranched alkanes of at least 4 members (excludes halogenated alkanes) is 6. The zero-order valence-corrected chi connectivity index (χ0v) is 6.66. The summed E-state index contributed by atoms with van der Waals surface area (Å²) in [5.41, 5.74) is 0. The molecule has 0 aromatic rings. The van der Waals surface area contributed by atoms with Crippen molar-refractivity contribution in [1.82, 2.24) is 0 Å². The molecule has 0 N–H and O–H groups in total. The quantitative estimate of drug-likeness (QED) is 0.512. The monoisotopic (exact) mass is 267 g/mol. The first-order chi connectivity index (χ1) is 4.41. The molecule has 59 valence electrons. The van der Waals surface area contributed by atoms with Gasteiger partial charge in [-0.05, 0) is 0 Å². The van der Waals surface area contributed by atoms with E-state index >= 15 is 0 Å². The third-order valence-electron chi connectivity index (χ3n) is 1.60. The Hall–Kier alpha value is 1.57. The average molecular weight is 267 g/mol. The molecule has 0 aliphatic heterocycles. The van der Waals surface area contributed by atoms with Gasteiger partial charge < -0.3 is 0 Å². The molecule has 0 atom stereocenters. The number of hydrogen-bond donors (Lipinski definition) is 0. The molecule has 1 radical (unpaired) electrons. The second kappa shape index (κ2) is 13.2. The molecule has 0 nitrogen and oxygen atoms in total. The summed E-state index contributed by atoms with van der Waals surface area (Å²) in [7, 11) is 0. The molecular weight excluding hydrogens is 245 g/mol. The van der Waals surface area contributed by atoms with E-state index in [1.165, 1.54) is 38.5 Å². The molecule has 0 heterocycles. The summed E-state index contributed by atoms with van der Waals surface area (Å²) in [6.07, 6.45) is 9.45. The molecule has 0 unspecified atom stereocenters. The summed E-state index contributed by atoms with van der Waals surface area (Å²) in [6, 6.07) is 0. The minimum absolute atomic E-state index is 0. The van der Waals surface area contributed by atoms with Crippen LogP contribution in [0.5, 0.6) is 0 Å². The Labute approximate surface area is 106 Å². The molecule has 0 saturated heterocycles. The summed E-state index contributed by atoms with van der Waals surface area (Å²) >= 11 is 0. The predicted molar refractivity (Wildman–Crippen MR) is 51.9 cm³/mol. The van der Waals surface area contributed by atoms with E-state index in [4.69, 9.17) is 0 Å². The molecule has 0 saturated carbocycles. The van der Waals surface area contributed by atoms with Crippen molar-refractivity contribution in [3.05, 3.63) is 6.92 Å². The van der Waals surface area contributed by atoms with Crippen LogP contribution in [-0.4, -0.2) is 48.9 Å². The summed E-state index contributed by atoms with van der Waals surface area (Å²) in [4.78, 5) is 0. The van der Waals surface area contributed by atoms with Crippen LogP contribution in [0.1, 0.15) is 51.9 Å². The molecule has 0 spiro atoms. The van der Waals surface area contributed by atoms with Gasteiger partial charge >= 0.3 is 48.9 Å².